The van der Waals surface area contributed by atoms with E-state index in [1.807, 2.05) is 0 Å². The molecule has 0 fully saturated rings. The van der Waals surface area contributed by atoms with Crippen molar-refractivity contribution in [1.82, 2.24) is 5.32 Å². The topological polar surface area (TPSA) is 75.6 Å². The van der Waals surface area contributed by atoms with Gasteiger partial charge in [-0.1, -0.05) is 6.92 Å². The Balaban J connectivity index is 4.11. The number of rotatable bonds is 5. The van der Waals surface area contributed by atoms with E-state index in [-0.39, 0.29) is 6.04 Å². The number of hydrogen-bond acceptors (Lipinski definition) is 4. The summed E-state index contributed by atoms with van der Waals surface area (Å²) in [5.41, 5.74) is 0. The van der Waals surface area contributed by atoms with E-state index < -0.39 is 23.9 Å². The highest BCUT2D eigenvalue weighted by atomic mass is 16.5. The van der Waals surface area contributed by atoms with E-state index in [4.69, 9.17) is 5.11 Å². The molecule has 82 valence electrons. The number of aliphatic carboxylic acids is 1. The number of hydrogen-bond donors (Lipinski definition) is 2. The number of carboxylic acids is 1. The summed E-state index contributed by atoms with van der Waals surface area (Å²) in [7, 11) is 1.30. The minimum atomic E-state index is -0.887. The lowest BCUT2D eigenvalue weighted by atomic mass is 10.0. The summed E-state index contributed by atoms with van der Waals surface area (Å²) in [5.74, 6) is -1.82. The van der Waals surface area contributed by atoms with Crippen LogP contribution in [-0.2, 0) is 14.3 Å². The molecule has 0 aliphatic carbocycles. The molecule has 2 N–H and O–H groups in total. The predicted molar refractivity (Wildman–Crippen MR) is 50.9 cm³/mol. The summed E-state index contributed by atoms with van der Waals surface area (Å²) >= 11 is 0. The highest BCUT2D eigenvalue weighted by Gasteiger charge is 2.23. The number of methoxy groups -OCH3 is 1. The molecular formula is C9H17NO4. The molecule has 0 saturated heterocycles. The van der Waals surface area contributed by atoms with Crippen molar-refractivity contribution >= 4 is 11.9 Å². The van der Waals surface area contributed by atoms with Crippen LogP contribution in [0.5, 0.6) is 0 Å². The molecular weight excluding hydrogens is 186 g/mol. The van der Waals surface area contributed by atoms with Crippen LogP contribution in [0.1, 0.15) is 20.8 Å². The maximum absolute atomic E-state index is 11.0. The Bertz CT molecular complexity index is 217. The van der Waals surface area contributed by atoms with E-state index in [1.165, 1.54) is 7.11 Å². The van der Waals surface area contributed by atoms with Gasteiger partial charge in [0.2, 0.25) is 0 Å². The van der Waals surface area contributed by atoms with Crippen LogP contribution in [0.2, 0.25) is 0 Å². The molecule has 0 rings (SSSR count). The fourth-order valence-corrected chi connectivity index (χ4v) is 0.997. The number of esters is 1. The molecule has 5 heteroatoms. The molecule has 0 aromatic rings. The molecule has 0 aromatic carbocycles. The second-order valence-electron chi connectivity index (χ2n) is 3.33. The molecule has 14 heavy (non-hydrogen) atoms. The van der Waals surface area contributed by atoms with Crippen LogP contribution in [-0.4, -0.2) is 36.2 Å². The lowest BCUT2D eigenvalue weighted by Crippen LogP contribution is -2.45. The standard InChI is InChI=1S/C9H17NO4/c1-5(8(11)12)6(2)10-7(3)9(13)14-4/h5-7,10H,1-4H3,(H,11,12). The Hall–Kier alpha value is -1.10. The molecule has 0 bridgehead atoms. The second kappa shape index (κ2) is 5.59. The summed E-state index contributed by atoms with van der Waals surface area (Å²) in [6.07, 6.45) is 0. The monoisotopic (exact) mass is 203 g/mol. The molecule has 0 heterocycles. The van der Waals surface area contributed by atoms with Crippen LogP contribution in [0.15, 0.2) is 0 Å². The third-order valence-corrected chi connectivity index (χ3v) is 2.21. The first-order chi connectivity index (χ1) is 6.40. The van der Waals surface area contributed by atoms with Crippen LogP contribution < -0.4 is 5.32 Å². The van der Waals surface area contributed by atoms with Crippen molar-refractivity contribution in [1.29, 1.82) is 0 Å². The van der Waals surface area contributed by atoms with Gasteiger partial charge in [0.05, 0.1) is 13.0 Å². The Kier molecular flexibility index (Phi) is 5.15. The summed E-state index contributed by atoms with van der Waals surface area (Å²) in [6.45, 7) is 4.94. The van der Waals surface area contributed by atoms with Crippen molar-refractivity contribution in [2.45, 2.75) is 32.9 Å². The van der Waals surface area contributed by atoms with Gasteiger partial charge in [0, 0.05) is 6.04 Å². The van der Waals surface area contributed by atoms with Crippen LogP contribution in [0.3, 0.4) is 0 Å². The van der Waals surface area contributed by atoms with Crippen LogP contribution in [0.4, 0.5) is 0 Å². The fourth-order valence-electron chi connectivity index (χ4n) is 0.997. The van der Waals surface area contributed by atoms with Crippen LogP contribution >= 0.6 is 0 Å². The molecule has 0 aromatic heterocycles. The third kappa shape index (κ3) is 3.74. The molecule has 3 unspecified atom stereocenters. The van der Waals surface area contributed by atoms with Gasteiger partial charge in [-0.3, -0.25) is 9.59 Å². The van der Waals surface area contributed by atoms with Crippen molar-refractivity contribution in [3.05, 3.63) is 0 Å². The lowest BCUT2D eigenvalue weighted by Gasteiger charge is -2.21. The Labute approximate surface area is 83.4 Å². The normalized spacial score (nSPS) is 16.9. The van der Waals surface area contributed by atoms with Crippen LogP contribution in [0, 0.1) is 5.92 Å². The summed E-state index contributed by atoms with van der Waals surface area (Å²) in [6, 6.07) is -0.765. The van der Waals surface area contributed by atoms with Gasteiger partial charge in [-0.15, -0.1) is 0 Å². The lowest BCUT2D eigenvalue weighted by molar-refractivity contribution is -0.145. The minimum Gasteiger partial charge on any atom is -0.481 e. The SMILES string of the molecule is COC(=O)C(C)NC(C)C(C)C(=O)O. The summed E-state index contributed by atoms with van der Waals surface area (Å²) < 4.78 is 4.50. The first-order valence-corrected chi connectivity index (χ1v) is 4.46. The number of nitrogens with one attached hydrogen (secondary N) is 1. The molecule has 5 nitrogen and oxygen atoms in total. The van der Waals surface area contributed by atoms with Crippen molar-refractivity contribution in [2.24, 2.45) is 5.92 Å². The largest absolute Gasteiger partial charge is 0.481 e. The minimum absolute atomic E-state index is 0.276. The highest BCUT2D eigenvalue weighted by molar-refractivity contribution is 5.75. The Morgan fingerprint density at radius 2 is 1.79 bits per heavy atom. The molecule has 0 radical (unpaired) electrons. The Morgan fingerprint density at radius 3 is 2.14 bits per heavy atom. The number of carbonyl (C=O) groups excluding carboxylic acids is 1. The van der Waals surface area contributed by atoms with Gasteiger partial charge in [0.15, 0.2) is 0 Å². The number of carbonyl (C=O) groups is 2. The van der Waals surface area contributed by atoms with E-state index in [0.717, 1.165) is 0 Å². The molecule has 0 amide bonds. The van der Waals surface area contributed by atoms with Gasteiger partial charge in [-0.05, 0) is 13.8 Å². The molecule has 0 saturated carbocycles. The Morgan fingerprint density at radius 1 is 1.29 bits per heavy atom. The molecule has 0 aliphatic rings. The number of ether oxygens (including phenoxy) is 1. The molecule has 0 spiro atoms. The van der Waals surface area contributed by atoms with Gasteiger partial charge in [-0.2, -0.15) is 0 Å². The second-order valence-corrected chi connectivity index (χ2v) is 3.33. The third-order valence-electron chi connectivity index (χ3n) is 2.21. The van der Waals surface area contributed by atoms with Gasteiger partial charge < -0.3 is 15.2 Å². The zero-order valence-electron chi connectivity index (χ0n) is 8.90. The predicted octanol–water partition coefficient (Wildman–Crippen LogP) is 0.247. The van der Waals surface area contributed by atoms with Crippen molar-refractivity contribution in [3.8, 4) is 0 Å². The van der Waals surface area contributed by atoms with Gasteiger partial charge in [0.1, 0.15) is 6.04 Å². The van der Waals surface area contributed by atoms with Crippen molar-refractivity contribution in [2.75, 3.05) is 7.11 Å². The summed E-state index contributed by atoms with van der Waals surface area (Å²) in [5, 5.41) is 11.6. The summed E-state index contributed by atoms with van der Waals surface area (Å²) in [4.78, 5) is 21.6. The molecule has 0 aliphatic heterocycles. The van der Waals surface area contributed by atoms with Crippen molar-refractivity contribution in [3.63, 3.8) is 0 Å². The van der Waals surface area contributed by atoms with Gasteiger partial charge in [0.25, 0.3) is 0 Å². The zero-order valence-corrected chi connectivity index (χ0v) is 8.90. The smallest absolute Gasteiger partial charge is 0.322 e. The van der Waals surface area contributed by atoms with E-state index in [9.17, 15) is 9.59 Å². The maximum atomic E-state index is 11.0. The zero-order chi connectivity index (χ0) is 11.3. The fraction of sp³-hybridized carbons (Fsp3) is 0.778. The van der Waals surface area contributed by atoms with E-state index in [1.54, 1.807) is 20.8 Å². The first kappa shape index (κ1) is 12.9. The van der Waals surface area contributed by atoms with Gasteiger partial charge in [-0.25, -0.2) is 0 Å². The number of carboxylic acid groups (broad SMARTS) is 1. The highest BCUT2D eigenvalue weighted by Crippen LogP contribution is 2.03. The average molecular weight is 203 g/mol. The van der Waals surface area contributed by atoms with E-state index in [2.05, 4.69) is 10.1 Å². The average Bonchev–Trinajstić information content (AvgIpc) is 2.14. The van der Waals surface area contributed by atoms with E-state index >= 15 is 0 Å². The first-order valence-electron chi connectivity index (χ1n) is 4.46. The molecule has 3 atom stereocenters. The quantitative estimate of drug-likeness (QED) is 0.626. The van der Waals surface area contributed by atoms with E-state index in [0.29, 0.717) is 0 Å². The maximum Gasteiger partial charge on any atom is 0.322 e. The van der Waals surface area contributed by atoms with Crippen molar-refractivity contribution < 1.29 is 19.4 Å². The van der Waals surface area contributed by atoms with Crippen LogP contribution in [0.25, 0.3) is 0 Å². The van der Waals surface area contributed by atoms with Gasteiger partial charge >= 0.3 is 11.9 Å².